The normalized spacial score (nSPS) is 41.8. The molecule has 4 heteroatoms. The molecular weight excluding hydrogens is 172 g/mol. The molecule has 0 aromatic carbocycles. The van der Waals surface area contributed by atoms with Crippen LogP contribution in [0.4, 0.5) is 0 Å². The van der Waals surface area contributed by atoms with E-state index < -0.39 is 11.9 Å². The van der Waals surface area contributed by atoms with Gasteiger partial charge in [-0.05, 0) is 25.5 Å². The van der Waals surface area contributed by atoms with Crippen molar-refractivity contribution in [2.75, 3.05) is 6.61 Å². The minimum Gasteiger partial charge on any atom is -0.392 e. The second-order valence-corrected chi connectivity index (χ2v) is 3.91. The molecule has 1 heterocycles. The monoisotopic (exact) mass is 186 g/mol. The molecular formula is C9H14O4. The number of hydrogen-bond acceptors (Lipinski definition) is 4. The summed E-state index contributed by atoms with van der Waals surface area (Å²) in [4.78, 5) is 0. The van der Waals surface area contributed by atoms with E-state index in [0.717, 1.165) is 0 Å². The minimum absolute atomic E-state index is 0.138. The zero-order valence-corrected chi connectivity index (χ0v) is 7.73. The lowest BCUT2D eigenvalue weighted by Crippen LogP contribution is -2.31. The molecule has 1 aliphatic carbocycles. The molecule has 3 unspecified atom stereocenters. The molecule has 0 spiro atoms. The van der Waals surface area contributed by atoms with Crippen molar-refractivity contribution in [1.29, 1.82) is 0 Å². The molecule has 74 valence electrons. The molecule has 0 amide bonds. The van der Waals surface area contributed by atoms with E-state index in [2.05, 4.69) is 0 Å². The molecule has 0 saturated carbocycles. The highest BCUT2D eigenvalue weighted by molar-refractivity contribution is 5.24. The Kier molecular flexibility index (Phi) is 1.96. The van der Waals surface area contributed by atoms with Crippen molar-refractivity contribution in [3.8, 4) is 0 Å². The standard InChI is InChI=1S/C9H14O4/c1-9(2)12-6-3-5(4-10)7(11)8(6)13-9/h3,6-8,10-11H,4H2,1-2H3. The fourth-order valence-corrected chi connectivity index (χ4v) is 1.86. The highest BCUT2D eigenvalue weighted by Gasteiger charge is 2.48. The lowest BCUT2D eigenvalue weighted by Gasteiger charge is -2.19. The Hall–Kier alpha value is -0.420. The van der Waals surface area contributed by atoms with Crippen LogP contribution in [-0.4, -0.2) is 40.9 Å². The van der Waals surface area contributed by atoms with Gasteiger partial charge in [0.1, 0.15) is 18.3 Å². The van der Waals surface area contributed by atoms with E-state index in [4.69, 9.17) is 14.6 Å². The van der Waals surface area contributed by atoms with E-state index in [1.54, 1.807) is 6.08 Å². The second-order valence-electron chi connectivity index (χ2n) is 3.91. The molecule has 2 aliphatic rings. The Morgan fingerprint density at radius 1 is 1.46 bits per heavy atom. The first-order chi connectivity index (χ1) is 6.03. The number of fused-ring (bicyclic) bond motifs is 1. The highest BCUT2D eigenvalue weighted by atomic mass is 16.8. The smallest absolute Gasteiger partial charge is 0.164 e. The Morgan fingerprint density at radius 3 is 2.69 bits per heavy atom. The summed E-state index contributed by atoms with van der Waals surface area (Å²) in [5, 5.41) is 18.5. The van der Waals surface area contributed by atoms with Crippen LogP contribution in [0.5, 0.6) is 0 Å². The maximum absolute atomic E-state index is 9.66. The van der Waals surface area contributed by atoms with E-state index in [-0.39, 0.29) is 18.8 Å². The molecule has 0 radical (unpaired) electrons. The van der Waals surface area contributed by atoms with Crippen LogP contribution in [0.3, 0.4) is 0 Å². The zero-order chi connectivity index (χ0) is 9.64. The Bertz CT molecular complexity index is 246. The van der Waals surface area contributed by atoms with Crippen LogP contribution >= 0.6 is 0 Å². The van der Waals surface area contributed by atoms with E-state index >= 15 is 0 Å². The quantitative estimate of drug-likeness (QED) is 0.557. The zero-order valence-electron chi connectivity index (χ0n) is 7.73. The van der Waals surface area contributed by atoms with Gasteiger partial charge >= 0.3 is 0 Å². The lowest BCUT2D eigenvalue weighted by molar-refractivity contribution is -0.153. The molecule has 2 rings (SSSR count). The predicted molar refractivity (Wildman–Crippen MR) is 45.0 cm³/mol. The number of aliphatic hydroxyl groups is 2. The summed E-state index contributed by atoms with van der Waals surface area (Å²) in [7, 11) is 0. The van der Waals surface area contributed by atoms with Crippen LogP contribution in [0.2, 0.25) is 0 Å². The lowest BCUT2D eigenvalue weighted by atomic mass is 10.1. The number of hydrogen-bond donors (Lipinski definition) is 2. The van der Waals surface area contributed by atoms with Crippen molar-refractivity contribution < 1.29 is 19.7 Å². The molecule has 1 aliphatic heterocycles. The Balaban J connectivity index is 2.16. The topological polar surface area (TPSA) is 58.9 Å². The van der Waals surface area contributed by atoms with E-state index in [1.165, 1.54) is 0 Å². The van der Waals surface area contributed by atoms with Gasteiger partial charge in [0, 0.05) is 0 Å². The van der Waals surface area contributed by atoms with Gasteiger partial charge in [-0.25, -0.2) is 0 Å². The number of ether oxygens (including phenoxy) is 2. The van der Waals surface area contributed by atoms with Gasteiger partial charge in [-0.3, -0.25) is 0 Å². The average Bonchev–Trinajstić information content (AvgIpc) is 2.47. The van der Waals surface area contributed by atoms with Crippen LogP contribution in [-0.2, 0) is 9.47 Å². The number of rotatable bonds is 1. The van der Waals surface area contributed by atoms with Crippen molar-refractivity contribution in [3.63, 3.8) is 0 Å². The van der Waals surface area contributed by atoms with Gasteiger partial charge < -0.3 is 19.7 Å². The van der Waals surface area contributed by atoms with Crippen molar-refractivity contribution >= 4 is 0 Å². The maximum Gasteiger partial charge on any atom is 0.164 e. The third-order valence-electron chi connectivity index (χ3n) is 2.42. The van der Waals surface area contributed by atoms with Crippen LogP contribution < -0.4 is 0 Å². The maximum atomic E-state index is 9.66. The van der Waals surface area contributed by atoms with Gasteiger partial charge in [0.25, 0.3) is 0 Å². The first-order valence-corrected chi connectivity index (χ1v) is 4.38. The van der Waals surface area contributed by atoms with Gasteiger partial charge in [-0.1, -0.05) is 0 Å². The summed E-state index contributed by atoms with van der Waals surface area (Å²) in [5.41, 5.74) is 0.588. The fourth-order valence-electron chi connectivity index (χ4n) is 1.86. The van der Waals surface area contributed by atoms with Crippen molar-refractivity contribution in [3.05, 3.63) is 11.6 Å². The van der Waals surface area contributed by atoms with Crippen molar-refractivity contribution in [2.45, 2.75) is 37.9 Å². The molecule has 2 N–H and O–H groups in total. The number of aliphatic hydroxyl groups excluding tert-OH is 2. The van der Waals surface area contributed by atoms with E-state index in [0.29, 0.717) is 5.57 Å². The summed E-state index contributed by atoms with van der Waals surface area (Å²) in [6, 6.07) is 0. The SMILES string of the molecule is CC1(C)OC2C=C(CO)C(O)C2O1. The van der Waals surface area contributed by atoms with Gasteiger partial charge in [0.05, 0.1) is 6.61 Å². The van der Waals surface area contributed by atoms with Crippen molar-refractivity contribution in [2.24, 2.45) is 0 Å². The molecule has 4 nitrogen and oxygen atoms in total. The van der Waals surface area contributed by atoms with Gasteiger partial charge in [-0.2, -0.15) is 0 Å². The van der Waals surface area contributed by atoms with Gasteiger partial charge in [-0.15, -0.1) is 0 Å². The Morgan fingerprint density at radius 2 is 2.15 bits per heavy atom. The van der Waals surface area contributed by atoms with E-state index in [1.807, 2.05) is 13.8 Å². The molecule has 1 saturated heterocycles. The highest BCUT2D eigenvalue weighted by Crippen LogP contribution is 2.36. The first-order valence-electron chi connectivity index (χ1n) is 4.38. The summed E-state index contributed by atoms with van der Waals surface area (Å²) >= 11 is 0. The average molecular weight is 186 g/mol. The largest absolute Gasteiger partial charge is 0.392 e. The fraction of sp³-hybridized carbons (Fsp3) is 0.778. The third-order valence-corrected chi connectivity index (χ3v) is 2.42. The third kappa shape index (κ3) is 1.40. The van der Waals surface area contributed by atoms with Gasteiger partial charge in [0.2, 0.25) is 0 Å². The molecule has 0 aromatic rings. The minimum atomic E-state index is -0.725. The molecule has 3 atom stereocenters. The van der Waals surface area contributed by atoms with Crippen LogP contribution in [0.25, 0.3) is 0 Å². The molecule has 1 fully saturated rings. The van der Waals surface area contributed by atoms with Crippen LogP contribution in [0.15, 0.2) is 11.6 Å². The summed E-state index contributed by atoms with van der Waals surface area (Å²) < 4.78 is 11.0. The molecule has 0 aromatic heterocycles. The van der Waals surface area contributed by atoms with Crippen molar-refractivity contribution in [1.82, 2.24) is 0 Å². The summed E-state index contributed by atoms with van der Waals surface area (Å²) in [5.74, 6) is -0.631. The predicted octanol–water partition coefficient (Wildman–Crippen LogP) is -0.200. The molecule has 13 heavy (non-hydrogen) atoms. The molecule has 0 bridgehead atoms. The van der Waals surface area contributed by atoms with Crippen LogP contribution in [0, 0.1) is 0 Å². The van der Waals surface area contributed by atoms with Crippen LogP contribution in [0.1, 0.15) is 13.8 Å². The summed E-state index contributed by atoms with van der Waals surface area (Å²) in [6.07, 6.45) is 0.449. The Labute approximate surface area is 76.8 Å². The van der Waals surface area contributed by atoms with Gasteiger partial charge in [0.15, 0.2) is 5.79 Å². The van der Waals surface area contributed by atoms with E-state index in [9.17, 15) is 5.11 Å². The summed E-state index contributed by atoms with van der Waals surface area (Å²) in [6.45, 7) is 3.48. The second kappa shape index (κ2) is 2.78. The first kappa shape index (κ1) is 9.15.